The van der Waals surface area contributed by atoms with E-state index < -0.39 is 0 Å². The van der Waals surface area contributed by atoms with Crippen LogP contribution in [0.3, 0.4) is 0 Å². The van der Waals surface area contributed by atoms with Crippen molar-refractivity contribution >= 4 is 0 Å². The number of likely N-dealkylation sites (tertiary alicyclic amines) is 1. The first kappa shape index (κ1) is 14.1. The van der Waals surface area contributed by atoms with Gasteiger partial charge < -0.3 is 4.90 Å². The molecule has 1 nitrogen and oxygen atoms in total. The van der Waals surface area contributed by atoms with Crippen LogP contribution in [-0.2, 0) is 12.8 Å². The number of rotatable bonds is 3. The van der Waals surface area contributed by atoms with Crippen LogP contribution in [0.15, 0.2) is 18.2 Å². The van der Waals surface area contributed by atoms with Crippen molar-refractivity contribution in [1.82, 2.24) is 4.90 Å². The van der Waals surface area contributed by atoms with Crippen LogP contribution in [0.5, 0.6) is 0 Å². The zero-order valence-corrected chi connectivity index (χ0v) is 13.2. The molecule has 0 amide bonds. The molecule has 1 heterocycles. The van der Waals surface area contributed by atoms with E-state index in [1.807, 2.05) is 0 Å². The molecule has 2 aliphatic rings. The van der Waals surface area contributed by atoms with Crippen LogP contribution in [0, 0.1) is 0 Å². The summed E-state index contributed by atoms with van der Waals surface area (Å²) in [6, 6.07) is 8.15. The lowest BCUT2D eigenvalue weighted by molar-refractivity contribution is 0.222. The SMILES string of the molecule is CCC(C)c1ccc2c(c1)CCC(N1CCCC1)CC2. The van der Waals surface area contributed by atoms with Crippen molar-refractivity contribution in [2.24, 2.45) is 0 Å². The first-order valence-corrected chi connectivity index (χ1v) is 8.63. The van der Waals surface area contributed by atoms with Crippen LogP contribution < -0.4 is 0 Å². The molecule has 2 atom stereocenters. The quantitative estimate of drug-likeness (QED) is 0.729. The molecule has 0 radical (unpaired) electrons. The maximum Gasteiger partial charge on any atom is 0.0102 e. The Morgan fingerprint density at radius 2 is 1.80 bits per heavy atom. The molecule has 1 aliphatic carbocycles. The standard InChI is InChI=1S/C19H29N/c1-3-15(2)17-7-6-16-8-10-19(11-9-18(16)14-17)20-12-4-5-13-20/h6-7,14-15,19H,3-5,8-13H2,1-2H3. The van der Waals surface area contributed by atoms with Crippen LogP contribution in [0.1, 0.15) is 68.6 Å². The number of benzene rings is 1. The molecule has 0 N–H and O–H groups in total. The second-order valence-corrected chi connectivity index (χ2v) is 6.81. The monoisotopic (exact) mass is 271 g/mol. The minimum Gasteiger partial charge on any atom is -0.300 e. The first-order valence-electron chi connectivity index (χ1n) is 8.63. The second-order valence-electron chi connectivity index (χ2n) is 6.81. The molecular weight excluding hydrogens is 242 g/mol. The van der Waals surface area contributed by atoms with Gasteiger partial charge in [0, 0.05) is 6.04 Å². The van der Waals surface area contributed by atoms with Crippen LogP contribution in [0.25, 0.3) is 0 Å². The van der Waals surface area contributed by atoms with E-state index in [0.29, 0.717) is 5.92 Å². The summed E-state index contributed by atoms with van der Waals surface area (Å²) in [6.45, 7) is 7.34. The van der Waals surface area contributed by atoms with E-state index in [1.54, 1.807) is 16.7 Å². The van der Waals surface area contributed by atoms with Crippen LogP contribution in [0.4, 0.5) is 0 Å². The third kappa shape index (κ3) is 2.93. The van der Waals surface area contributed by atoms with Crippen molar-refractivity contribution in [2.45, 2.75) is 70.8 Å². The molecule has 1 saturated heterocycles. The van der Waals surface area contributed by atoms with Gasteiger partial charge in [-0.3, -0.25) is 0 Å². The zero-order valence-electron chi connectivity index (χ0n) is 13.2. The molecule has 1 aliphatic heterocycles. The van der Waals surface area contributed by atoms with Crippen molar-refractivity contribution in [3.63, 3.8) is 0 Å². The Hall–Kier alpha value is -0.820. The molecule has 1 heteroatoms. The predicted molar refractivity (Wildman–Crippen MR) is 86.4 cm³/mol. The summed E-state index contributed by atoms with van der Waals surface area (Å²) >= 11 is 0. The summed E-state index contributed by atoms with van der Waals surface area (Å²) in [5.41, 5.74) is 4.81. The first-order chi connectivity index (χ1) is 9.78. The number of nitrogens with zero attached hydrogens (tertiary/aromatic N) is 1. The molecule has 1 fully saturated rings. The molecule has 1 aromatic carbocycles. The third-order valence-corrected chi connectivity index (χ3v) is 5.56. The lowest BCUT2D eigenvalue weighted by atomic mass is 9.93. The number of hydrogen-bond donors (Lipinski definition) is 0. The Morgan fingerprint density at radius 3 is 2.50 bits per heavy atom. The number of fused-ring (bicyclic) bond motifs is 1. The Balaban J connectivity index is 1.73. The van der Waals surface area contributed by atoms with E-state index in [0.717, 1.165) is 6.04 Å². The van der Waals surface area contributed by atoms with Gasteiger partial charge in [-0.05, 0) is 80.6 Å². The summed E-state index contributed by atoms with van der Waals surface area (Å²) < 4.78 is 0. The highest BCUT2D eigenvalue weighted by Gasteiger charge is 2.24. The second kappa shape index (κ2) is 6.30. The normalized spacial score (nSPS) is 25.2. The minimum atomic E-state index is 0.706. The van der Waals surface area contributed by atoms with Crippen molar-refractivity contribution in [2.75, 3.05) is 13.1 Å². The van der Waals surface area contributed by atoms with Crippen molar-refractivity contribution in [1.29, 1.82) is 0 Å². The van der Waals surface area contributed by atoms with Gasteiger partial charge in [0.25, 0.3) is 0 Å². The van der Waals surface area contributed by atoms with E-state index in [4.69, 9.17) is 0 Å². The van der Waals surface area contributed by atoms with Gasteiger partial charge in [0.15, 0.2) is 0 Å². The molecular formula is C19H29N. The van der Waals surface area contributed by atoms with Gasteiger partial charge in [-0.25, -0.2) is 0 Å². The molecule has 0 aromatic heterocycles. The average molecular weight is 271 g/mol. The van der Waals surface area contributed by atoms with Crippen LogP contribution >= 0.6 is 0 Å². The van der Waals surface area contributed by atoms with Crippen LogP contribution in [-0.4, -0.2) is 24.0 Å². The van der Waals surface area contributed by atoms with Gasteiger partial charge in [0.1, 0.15) is 0 Å². The highest BCUT2D eigenvalue weighted by molar-refractivity contribution is 5.35. The average Bonchev–Trinajstić information content (AvgIpc) is 2.93. The lowest BCUT2D eigenvalue weighted by Crippen LogP contribution is -2.32. The van der Waals surface area contributed by atoms with Gasteiger partial charge in [-0.15, -0.1) is 0 Å². The van der Waals surface area contributed by atoms with E-state index >= 15 is 0 Å². The fourth-order valence-electron chi connectivity index (χ4n) is 3.93. The zero-order chi connectivity index (χ0) is 13.9. The molecule has 0 saturated carbocycles. The molecule has 110 valence electrons. The fourth-order valence-corrected chi connectivity index (χ4v) is 3.93. The molecule has 3 rings (SSSR count). The Labute approximate surface area is 124 Å². The molecule has 0 spiro atoms. The summed E-state index contributed by atoms with van der Waals surface area (Å²) in [5, 5.41) is 0. The molecule has 20 heavy (non-hydrogen) atoms. The van der Waals surface area contributed by atoms with E-state index in [1.165, 1.54) is 58.0 Å². The van der Waals surface area contributed by atoms with Crippen LogP contribution in [0.2, 0.25) is 0 Å². The highest BCUT2D eigenvalue weighted by Crippen LogP contribution is 2.29. The topological polar surface area (TPSA) is 3.24 Å². The highest BCUT2D eigenvalue weighted by atomic mass is 15.2. The summed E-state index contributed by atoms with van der Waals surface area (Å²) in [6.07, 6.45) is 9.41. The lowest BCUT2D eigenvalue weighted by Gasteiger charge is -2.26. The Morgan fingerprint density at radius 1 is 1.10 bits per heavy atom. The molecule has 0 bridgehead atoms. The Bertz CT molecular complexity index is 445. The maximum atomic E-state index is 2.75. The number of aryl methyl sites for hydroxylation is 2. The smallest absolute Gasteiger partial charge is 0.0102 e. The molecule has 1 aromatic rings. The van der Waals surface area contributed by atoms with E-state index in [9.17, 15) is 0 Å². The summed E-state index contributed by atoms with van der Waals surface area (Å²) in [5.74, 6) is 0.706. The van der Waals surface area contributed by atoms with Gasteiger partial charge >= 0.3 is 0 Å². The third-order valence-electron chi connectivity index (χ3n) is 5.56. The van der Waals surface area contributed by atoms with Crippen molar-refractivity contribution < 1.29 is 0 Å². The van der Waals surface area contributed by atoms with Gasteiger partial charge in [-0.1, -0.05) is 32.0 Å². The minimum absolute atomic E-state index is 0.706. The van der Waals surface area contributed by atoms with Crippen molar-refractivity contribution in [3.8, 4) is 0 Å². The van der Waals surface area contributed by atoms with Crippen molar-refractivity contribution in [3.05, 3.63) is 34.9 Å². The summed E-state index contributed by atoms with van der Waals surface area (Å²) in [7, 11) is 0. The van der Waals surface area contributed by atoms with E-state index in [2.05, 4.69) is 36.9 Å². The summed E-state index contributed by atoms with van der Waals surface area (Å²) in [4.78, 5) is 2.75. The fraction of sp³-hybridized carbons (Fsp3) is 0.684. The molecule has 2 unspecified atom stereocenters. The van der Waals surface area contributed by atoms with E-state index in [-0.39, 0.29) is 0 Å². The maximum absolute atomic E-state index is 2.75. The van der Waals surface area contributed by atoms with Gasteiger partial charge in [0.2, 0.25) is 0 Å². The van der Waals surface area contributed by atoms with Gasteiger partial charge in [-0.2, -0.15) is 0 Å². The predicted octanol–water partition coefficient (Wildman–Crippen LogP) is 4.54. The number of hydrogen-bond acceptors (Lipinski definition) is 1. The Kier molecular flexibility index (Phi) is 4.45. The largest absolute Gasteiger partial charge is 0.300 e. The van der Waals surface area contributed by atoms with Gasteiger partial charge in [0.05, 0.1) is 0 Å².